The van der Waals surface area contributed by atoms with Crippen molar-refractivity contribution in [2.24, 2.45) is 5.92 Å². The number of hydrogen-bond donors (Lipinski definition) is 1. The van der Waals surface area contributed by atoms with Gasteiger partial charge in [-0.3, -0.25) is 14.6 Å². The summed E-state index contributed by atoms with van der Waals surface area (Å²) >= 11 is 0. The second-order valence-corrected chi connectivity index (χ2v) is 6.07. The molecule has 0 spiro atoms. The number of carboxylic acids is 1. The first-order chi connectivity index (χ1) is 12.3. The molecule has 1 aromatic carbocycles. The first-order valence-corrected chi connectivity index (χ1v) is 7.88. The Morgan fingerprint density at radius 3 is 2.38 bits per heavy atom. The molecule has 2 heterocycles. The normalized spacial score (nSPS) is 20.2. The Balaban J connectivity index is 1.92. The van der Waals surface area contributed by atoms with Gasteiger partial charge in [-0.05, 0) is 17.7 Å². The van der Waals surface area contributed by atoms with Gasteiger partial charge in [-0.25, -0.2) is 0 Å². The lowest BCUT2D eigenvalue weighted by Crippen LogP contribution is -2.32. The van der Waals surface area contributed by atoms with Crippen LogP contribution < -0.4 is 0 Å². The van der Waals surface area contributed by atoms with E-state index in [-0.39, 0.29) is 13.1 Å². The molecule has 1 aromatic heterocycles. The van der Waals surface area contributed by atoms with Crippen LogP contribution in [0, 0.1) is 5.92 Å². The minimum Gasteiger partial charge on any atom is -0.481 e. The lowest BCUT2D eigenvalue weighted by Gasteiger charge is -2.19. The van der Waals surface area contributed by atoms with Gasteiger partial charge in [-0.15, -0.1) is 0 Å². The van der Waals surface area contributed by atoms with Gasteiger partial charge in [0.1, 0.15) is 0 Å². The highest BCUT2D eigenvalue weighted by Crippen LogP contribution is 2.35. The van der Waals surface area contributed by atoms with Crippen molar-refractivity contribution in [2.75, 3.05) is 13.1 Å². The van der Waals surface area contributed by atoms with Crippen molar-refractivity contribution in [3.8, 4) is 0 Å². The van der Waals surface area contributed by atoms with Gasteiger partial charge in [-0.1, -0.05) is 30.3 Å². The number of carbonyl (C=O) groups is 2. The van der Waals surface area contributed by atoms with Crippen molar-refractivity contribution < 1.29 is 27.9 Å². The van der Waals surface area contributed by atoms with Crippen molar-refractivity contribution in [1.29, 1.82) is 0 Å². The van der Waals surface area contributed by atoms with E-state index in [1.165, 1.54) is 6.07 Å². The van der Waals surface area contributed by atoms with Gasteiger partial charge in [-0.2, -0.15) is 13.2 Å². The monoisotopic (exact) mass is 364 g/mol. The topological polar surface area (TPSA) is 70.5 Å². The van der Waals surface area contributed by atoms with E-state index < -0.39 is 41.1 Å². The molecule has 1 aliphatic rings. The molecule has 1 saturated heterocycles. The number of halogens is 3. The number of pyridine rings is 1. The highest BCUT2D eigenvalue weighted by molar-refractivity contribution is 5.96. The Bertz CT molecular complexity index is 824. The van der Waals surface area contributed by atoms with E-state index in [4.69, 9.17) is 0 Å². The predicted octanol–water partition coefficient (Wildman–Crippen LogP) is 3.04. The number of aliphatic carboxylic acids is 1. The molecule has 0 aliphatic carbocycles. The smallest absolute Gasteiger partial charge is 0.434 e. The molecule has 2 unspecified atom stereocenters. The number of rotatable bonds is 3. The molecule has 5 nitrogen and oxygen atoms in total. The third-order valence-electron chi connectivity index (χ3n) is 4.46. The van der Waals surface area contributed by atoms with Gasteiger partial charge in [0.25, 0.3) is 5.91 Å². The Hall–Kier alpha value is -2.90. The van der Waals surface area contributed by atoms with Gasteiger partial charge in [0, 0.05) is 25.2 Å². The number of amides is 1. The number of likely N-dealkylation sites (tertiary alicyclic amines) is 1. The molecule has 1 N–H and O–H groups in total. The molecule has 1 fully saturated rings. The van der Waals surface area contributed by atoms with Gasteiger partial charge in [0.2, 0.25) is 0 Å². The van der Waals surface area contributed by atoms with Crippen LogP contribution in [0.4, 0.5) is 13.2 Å². The predicted molar refractivity (Wildman–Crippen MR) is 85.5 cm³/mol. The fraction of sp³-hybridized carbons (Fsp3) is 0.278. The number of aromatic nitrogens is 1. The summed E-state index contributed by atoms with van der Waals surface area (Å²) in [4.78, 5) is 28.7. The van der Waals surface area contributed by atoms with Gasteiger partial charge >= 0.3 is 12.1 Å². The number of nitrogens with zero attached hydrogens (tertiary/aromatic N) is 2. The lowest BCUT2D eigenvalue weighted by molar-refractivity contribution is -0.142. The van der Waals surface area contributed by atoms with E-state index in [1.807, 2.05) is 0 Å². The number of hydrogen-bond acceptors (Lipinski definition) is 3. The molecule has 1 amide bonds. The molecule has 0 bridgehead atoms. The molecular weight excluding hydrogens is 349 g/mol. The van der Waals surface area contributed by atoms with Gasteiger partial charge in [0.15, 0.2) is 5.69 Å². The van der Waals surface area contributed by atoms with Crippen LogP contribution in [0.2, 0.25) is 0 Å². The highest BCUT2D eigenvalue weighted by atomic mass is 19.4. The van der Waals surface area contributed by atoms with Crippen molar-refractivity contribution in [1.82, 2.24) is 9.88 Å². The SMILES string of the molecule is O=C(O)C1CN(C(=O)c2cccnc2C(F)(F)F)CC1c1ccccc1. The third kappa shape index (κ3) is 3.40. The van der Waals surface area contributed by atoms with Crippen molar-refractivity contribution >= 4 is 11.9 Å². The summed E-state index contributed by atoms with van der Waals surface area (Å²) in [7, 11) is 0. The zero-order chi connectivity index (χ0) is 18.9. The summed E-state index contributed by atoms with van der Waals surface area (Å²) < 4.78 is 39.3. The highest BCUT2D eigenvalue weighted by Gasteiger charge is 2.43. The third-order valence-corrected chi connectivity index (χ3v) is 4.46. The average molecular weight is 364 g/mol. The van der Waals surface area contributed by atoms with Crippen molar-refractivity contribution in [3.63, 3.8) is 0 Å². The van der Waals surface area contributed by atoms with Crippen LogP contribution in [0.3, 0.4) is 0 Å². The Morgan fingerprint density at radius 2 is 1.77 bits per heavy atom. The second-order valence-electron chi connectivity index (χ2n) is 6.07. The standard InChI is InChI=1S/C18H15F3N2O3/c19-18(20,21)15-12(7-4-8-22-15)16(24)23-9-13(14(10-23)17(25)26)11-5-2-1-3-6-11/h1-8,13-14H,9-10H2,(H,25,26). The summed E-state index contributed by atoms with van der Waals surface area (Å²) in [5.41, 5.74) is -1.10. The maximum Gasteiger partial charge on any atom is 0.434 e. The van der Waals surface area contributed by atoms with Crippen LogP contribution in [0.15, 0.2) is 48.7 Å². The largest absolute Gasteiger partial charge is 0.481 e. The average Bonchev–Trinajstić information content (AvgIpc) is 3.07. The summed E-state index contributed by atoms with van der Waals surface area (Å²) in [6.45, 7) is -0.119. The molecule has 8 heteroatoms. The van der Waals surface area contributed by atoms with Gasteiger partial charge < -0.3 is 10.0 Å². The van der Waals surface area contributed by atoms with Crippen molar-refractivity contribution in [3.05, 3.63) is 65.5 Å². The van der Waals surface area contributed by atoms with E-state index in [0.717, 1.165) is 22.7 Å². The second kappa shape index (κ2) is 6.78. The van der Waals surface area contributed by atoms with E-state index in [9.17, 15) is 27.9 Å². The van der Waals surface area contributed by atoms with Crippen LogP contribution >= 0.6 is 0 Å². The molecule has 1 aliphatic heterocycles. The number of alkyl halides is 3. The summed E-state index contributed by atoms with van der Waals surface area (Å²) in [6, 6.07) is 11.1. The Kier molecular flexibility index (Phi) is 4.67. The minimum atomic E-state index is -4.77. The molecule has 26 heavy (non-hydrogen) atoms. The van der Waals surface area contributed by atoms with E-state index in [0.29, 0.717) is 0 Å². The number of carboxylic acid groups (broad SMARTS) is 1. The summed E-state index contributed by atoms with van der Waals surface area (Å²) in [5.74, 6) is -3.32. The Labute approximate surface area is 147 Å². The van der Waals surface area contributed by atoms with Crippen LogP contribution in [0.25, 0.3) is 0 Å². The van der Waals surface area contributed by atoms with Crippen LogP contribution in [0.5, 0.6) is 0 Å². The molecule has 0 saturated carbocycles. The van der Waals surface area contributed by atoms with Crippen LogP contribution in [-0.4, -0.2) is 40.0 Å². The van der Waals surface area contributed by atoms with Gasteiger partial charge in [0.05, 0.1) is 11.5 Å². The molecule has 3 rings (SSSR count). The van der Waals surface area contributed by atoms with Crippen molar-refractivity contribution in [2.45, 2.75) is 12.1 Å². The summed E-state index contributed by atoms with van der Waals surface area (Å²) in [6.07, 6.45) is -3.80. The van der Waals surface area contributed by atoms with E-state index in [1.54, 1.807) is 30.3 Å². The zero-order valence-electron chi connectivity index (χ0n) is 13.5. The first-order valence-electron chi connectivity index (χ1n) is 7.88. The molecule has 2 aromatic rings. The lowest BCUT2D eigenvalue weighted by atomic mass is 9.89. The number of carbonyl (C=O) groups excluding carboxylic acids is 1. The molecule has 2 atom stereocenters. The fourth-order valence-electron chi connectivity index (χ4n) is 3.23. The zero-order valence-corrected chi connectivity index (χ0v) is 13.5. The fourth-order valence-corrected chi connectivity index (χ4v) is 3.23. The Morgan fingerprint density at radius 1 is 1.08 bits per heavy atom. The number of benzene rings is 1. The molecule has 136 valence electrons. The first kappa shape index (κ1) is 17.9. The van der Waals surface area contributed by atoms with E-state index >= 15 is 0 Å². The van der Waals surface area contributed by atoms with Crippen LogP contribution in [-0.2, 0) is 11.0 Å². The maximum atomic E-state index is 13.1. The van der Waals surface area contributed by atoms with E-state index in [2.05, 4.69) is 4.98 Å². The van der Waals surface area contributed by atoms with Crippen LogP contribution in [0.1, 0.15) is 27.5 Å². The maximum absolute atomic E-state index is 13.1. The molecular formula is C18H15F3N2O3. The summed E-state index contributed by atoms with van der Waals surface area (Å²) in [5, 5.41) is 9.47. The minimum absolute atomic E-state index is 0.0337. The molecule has 0 radical (unpaired) electrons. The quantitative estimate of drug-likeness (QED) is 0.909.